The third-order valence-corrected chi connectivity index (χ3v) is 3.18. The van der Waals surface area contributed by atoms with Crippen LogP contribution in [0.2, 0.25) is 0 Å². The lowest BCUT2D eigenvalue weighted by molar-refractivity contribution is -0.131. The number of aromatic amines is 1. The maximum Gasteiger partial charge on any atom is 0.321 e. The van der Waals surface area contributed by atoms with Gasteiger partial charge >= 0.3 is 5.97 Å². The van der Waals surface area contributed by atoms with Crippen molar-refractivity contribution in [2.75, 3.05) is 5.75 Å². The second kappa shape index (κ2) is 6.16. The van der Waals surface area contributed by atoms with E-state index in [1.165, 1.54) is 0 Å². The quantitative estimate of drug-likeness (QED) is 0.745. The lowest BCUT2D eigenvalue weighted by atomic mass is 10.2. The van der Waals surface area contributed by atoms with Crippen molar-refractivity contribution in [2.45, 2.75) is 0 Å². The maximum atomic E-state index is 11.7. The van der Waals surface area contributed by atoms with Crippen LogP contribution in [-0.4, -0.2) is 32.0 Å². The van der Waals surface area contributed by atoms with Crippen LogP contribution < -0.4 is 4.74 Å². The average Bonchev–Trinajstić information content (AvgIpc) is 2.75. The molecule has 1 aromatic heterocycles. The Bertz CT molecular complexity index is 623. The van der Waals surface area contributed by atoms with E-state index < -0.39 is 11.8 Å². The molecule has 0 bridgehead atoms. The molecule has 3 N–H and O–H groups in total. The number of carbonyl (C=O) groups excluding carboxylic acids is 2. The predicted molar refractivity (Wildman–Crippen MR) is 73.0 cm³/mol. The molecule has 0 aliphatic carbocycles. The van der Waals surface area contributed by atoms with Crippen molar-refractivity contribution in [3.05, 3.63) is 42.0 Å². The number of nitrogens with one attached hydrogen (secondary N) is 1. The highest BCUT2D eigenvalue weighted by molar-refractivity contribution is 8.14. The van der Waals surface area contributed by atoms with Crippen LogP contribution in [0, 0.1) is 0 Å². The maximum absolute atomic E-state index is 11.7. The Morgan fingerprint density at radius 3 is 2.50 bits per heavy atom. The number of esters is 1. The first-order valence-corrected chi connectivity index (χ1v) is 6.58. The first-order chi connectivity index (χ1) is 9.56. The van der Waals surface area contributed by atoms with Gasteiger partial charge in [0.15, 0.2) is 11.6 Å². The van der Waals surface area contributed by atoms with Crippen molar-refractivity contribution in [1.29, 1.82) is 0 Å². The summed E-state index contributed by atoms with van der Waals surface area (Å²) in [6.45, 7) is 0. The fraction of sp³-hybridized carbons (Fsp3) is 0.0769. The SMILES string of the molecule is O=C(CSC(=O)c1ccccc1)Oc1cc(O)[nH]c1O. The van der Waals surface area contributed by atoms with Crippen LogP contribution in [0.15, 0.2) is 36.4 Å². The molecule has 2 rings (SSSR count). The molecule has 0 unspecified atom stereocenters. The van der Waals surface area contributed by atoms with E-state index in [-0.39, 0.29) is 22.5 Å². The van der Waals surface area contributed by atoms with E-state index in [1.807, 2.05) is 0 Å². The van der Waals surface area contributed by atoms with Crippen LogP contribution in [0.1, 0.15) is 10.4 Å². The van der Waals surface area contributed by atoms with Gasteiger partial charge < -0.3 is 14.9 Å². The molecule has 0 saturated carbocycles. The van der Waals surface area contributed by atoms with Crippen molar-refractivity contribution >= 4 is 22.8 Å². The minimum Gasteiger partial charge on any atom is -0.494 e. The van der Waals surface area contributed by atoms with E-state index in [1.54, 1.807) is 30.3 Å². The number of ether oxygens (including phenoxy) is 1. The van der Waals surface area contributed by atoms with Crippen LogP contribution in [0.3, 0.4) is 0 Å². The van der Waals surface area contributed by atoms with Gasteiger partial charge in [0.2, 0.25) is 11.0 Å². The number of hydrogen-bond acceptors (Lipinski definition) is 6. The number of hydrogen-bond donors (Lipinski definition) is 3. The summed E-state index contributed by atoms with van der Waals surface area (Å²) >= 11 is 0.802. The second-order valence-corrected chi connectivity index (χ2v) is 4.73. The second-order valence-electron chi connectivity index (χ2n) is 3.78. The summed E-state index contributed by atoms with van der Waals surface area (Å²) in [5.41, 5.74) is 0.493. The molecular weight excluding hydrogens is 282 g/mol. The standard InChI is InChI=1S/C13H11NO5S/c15-10-6-9(12(17)14-10)19-11(16)7-20-13(18)8-4-2-1-3-5-8/h1-6,14-15,17H,7H2. The zero-order chi connectivity index (χ0) is 14.5. The van der Waals surface area contributed by atoms with Gasteiger partial charge in [0, 0.05) is 11.6 Å². The Hall–Kier alpha value is -2.41. The highest BCUT2D eigenvalue weighted by Crippen LogP contribution is 2.29. The van der Waals surface area contributed by atoms with Crippen LogP contribution in [0.4, 0.5) is 0 Å². The number of rotatable bonds is 4. The van der Waals surface area contributed by atoms with Gasteiger partial charge in [-0.2, -0.15) is 0 Å². The van der Waals surface area contributed by atoms with Gasteiger partial charge in [-0.1, -0.05) is 42.1 Å². The third-order valence-electron chi connectivity index (χ3n) is 2.30. The minimum atomic E-state index is -0.700. The summed E-state index contributed by atoms with van der Waals surface area (Å²) in [4.78, 5) is 25.4. The summed E-state index contributed by atoms with van der Waals surface area (Å²) < 4.78 is 4.80. The molecule has 0 aliphatic rings. The van der Waals surface area contributed by atoms with E-state index in [9.17, 15) is 14.7 Å². The summed E-state index contributed by atoms with van der Waals surface area (Å²) in [6.07, 6.45) is 0. The molecule has 0 fully saturated rings. The van der Waals surface area contributed by atoms with Crippen LogP contribution in [0.5, 0.6) is 17.5 Å². The van der Waals surface area contributed by atoms with Gasteiger partial charge in [-0.25, -0.2) is 0 Å². The molecule has 7 heteroatoms. The molecule has 0 atom stereocenters. The summed E-state index contributed by atoms with van der Waals surface area (Å²) in [6, 6.07) is 9.61. The number of H-pyrrole nitrogens is 1. The highest BCUT2D eigenvalue weighted by atomic mass is 32.2. The molecule has 0 spiro atoms. The van der Waals surface area contributed by atoms with E-state index in [0.29, 0.717) is 5.56 Å². The van der Waals surface area contributed by atoms with Crippen molar-refractivity contribution in [2.24, 2.45) is 0 Å². The molecule has 6 nitrogen and oxygen atoms in total. The molecule has 0 amide bonds. The Kier molecular flexibility index (Phi) is 4.31. The van der Waals surface area contributed by atoms with Gasteiger partial charge in [-0.3, -0.25) is 14.6 Å². The number of thioether (sulfide) groups is 1. The van der Waals surface area contributed by atoms with Crippen LogP contribution in [-0.2, 0) is 4.79 Å². The summed E-state index contributed by atoms with van der Waals surface area (Å²) in [5, 5.41) is 18.1. The number of benzene rings is 1. The monoisotopic (exact) mass is 293 g/mol. The molecule has 0 radical (unpaired) electrons. The fourth-order valence-corrected chi connectivity index (χ4v) is 2.03. The first kappa shape index (κ1) is 14.0. The molecule has 20 heavy (non-hydrogen) atoms. The number of aromatic hydroxyl groups is 2. The van der Waals surface area contributed by atoms with Gasteiger partial charge in [0.25, 0.3) is 0 Å². The van der Waals surface area contributed by atoms with Gasteiger partial charge in [0.05, 0.1) is 5.75 Å². The third kappa shape index (κ3) is 3.55. The van der Waals surface area contributed by atoms with Gasteiger partial charge in [0.1, 0.15) is 0 Å². The highest BCUT2D eigenvalue weighted by Gasteiger charge is 2.15. The molecule has 0 saturated heterocycles. The van der Waals surface area contributed by atoms with Crippen molar-refractivity contribution in [3.8, 4) is 17.5 Å². The van der Waals surface area contributed by atoms with Gasteiger partial charge in [-0.05, 0) is 0 Å². The Balaban J connectivity index is 1.87. The first-order valence-electron chi connectivity index (χ1n) is 5.60. The molecule has 2 aromatic rings. The van der Waals surface area contributed by atoms with Gasteiger partial charge in [-0.15, -0.1) is 0 Å². The largest absolute Gasteiger partial charge is 0.494 e. The minimum absolute atomic E-state index is 0.180. The zero-order valence-corrected chi connectivity index (χ0v) is 11.0. The number of aromatic nitrogens is 1. The fourth-order valence-electron chi connectivity index (χ4n) is 1.42. The average molecular weight is 293 g/mol. The Labute approximate surface area is 118 Å². The van der Waals surface area contributed by atoms with E-state index >= 15 is 0 Å². The molecule has 1 heterocycles. The normalized spacial score (nSPS) is 10.2. The predicted octanol–water partition coefficient (Wildman–Crippen LogP) is 1.90. The van der Waals surface area contributed by atoms with E-state index in [4.69, 9.17) is 9.84 Å². The zero-order valence-electron chi connectivity index (χ0n) is 10.2. The summed E-state index contributed by atoms with van der Waals surface area (Å²) in [7, 11) is 0. The lowest BCUT2D eigenvalue weighted by Crippen LogP contribution is -2.12. The lowest BCUT2D eigenvalue weighted by Gasteiger charge is -2.02. The van der Waals surface area contributed by atoms with E-state index in [0.717, 1.165) is 17.8 Å². The van der Waals surface area contributed by atoms with Crippen molar-refractivity contribution < 1.29 is 24.5 Å². The molecule has 1 aromatic carbocycles. The molecular formula is C13H11NO5S. The van der Waals surface area contributed by atoms with Crippen LogP contribution >= 0.6 is 11.8 Å². The molecule has 0 aliphatic heterocycles. The Morgan fingerprint density at radius 1 is 1.20 bits per heavy atom. The number of carbonyl (C=O) groups is 2. The van der Waals surface area contributed by atoms with Crippen LogP contribution in [0.25, 0.3) is 0 Å². The van der Waals surface area contributed by atoms with E-state index in [2.05, 4.69) is 4.98 Å². The summed E-state index contributed by atoms with van der Waals surface area (Å²) in [5.74, 6) is -1.85. The smallest absolute Gasteiger partial charge is 0.321 e. The van der Waals surface area contributed by atoms with Crippen molar-refractivity contribution in [1.82, 2.24) is 4.98 Å². The topological polar surface area (TPSA) is 99.6 Å². The Morgan fingerprint density at radius 2 is 1.90 bits per heavy atom. The van der Waals surface area contributed by atoms with Crippen molar-refractivity contribution in [3.63, 3.8) is 0 Å². The molecule has 104 valence electrons.